The Morgan fingerprint density at radius 3 is 0.750 bits per heavy atom. The first-order valence-electron chi connectivity index (χ1n) is 7.84. The molecule has 0 aliphatic heterocycles. The number of aromatic carboxylic acids is 4. The Hall–Kier alpha value is -4.20. The van der Waals surface area contributed by atoms with Crippen molar-refractivity contribution in [3.63, 3.8) is 0 Å². The number of hydrogen-bond acceptors (Lipinski definition) is 4. The first kappa shape index (κ1) is 18.6. The molecular weight excluding hydrogens is 368 g/mol. The first-order valence-corrected chi connectivity index (χ1v) is 7.84. The van der Waals surface area contributed by atoms with Crippen molar-refractivity contribution < 1.29 is 39.6 Å². The van der Waals surface area contributed by atoms with Gasteiger partial charge in [0.1, 0.15) is 0 Å². The van der Waals surface area contributed by atoms with Gasteiger partial charge in [-0.05, 0) is 46.5 Å². The summed E-state index contributed by atoms with van der Waals surface area (Å²) in [6.07, 6.45) is 6.06. The predicted molar refractivity (Wildman–Crippen MR) is 98.6 cm³/mol. The van der Waals surface area contributed by atoms with Crippen molar-refractivity contribution in [2.45, 2.75) is 0 Å². The molecule has 1 aliphatic carbocycles. The molecule has 4 N–H and O–H groups in total. The fraction of sp³-hybridized carbons (Fsp3) is 0. The normalized spacial score (nSPS) is 14.0. The van der Waals surface area contributed by atoms with E-state index >= 15 is 0 Å². The Labute approximate surface area is 157 Å². The number of rotatable bonds is 4. The van der Waals surface area contributed by atoms with Gasteiger partial charge in [0.25, 0.3) is 0 Å². The lowest BCUT2D eigenvalue weighted by atomic mass is 9.92. The van der Waals surface area contributed by atoms with E-state index in [1.54, 1.807) is 0 Å². The van der Waals surface area contributed by atoms with Gasteiger partial charge in [-0.25, -0.2) is 19.2 Å². The van der Waals surface area contributed by atoms with Crippen molar-refractivity contribution in [3.8, 4) is 0 Å². The molecule has 0 unspecified atom stereocenters. The van der Waals surface area contributed by atoms with Crippen molar-refractivity contribution in [2.75, 3.05) is 0 Å². The van der Waals surface area contributed by atoms with E-state index < -0.39 is 23.9 Å². The maximum absolute atomic E-state index is 11.4. The van der Waals surface area contributed by atoms with Crippen LogP contribution in [-0.2, 0) is 0 Å². The van der Waals surface area contributed by atoms with E-state index in [-0.39, 0.29) is 22.3 Å². The monoisotopic (exact) mass is 380 g/mol. The number of carboxylic acid groups (broad SMARTS) is 4. The van der Waals surface area contributed by atoms with Crippen LogP contribution in [0.3, 0.4) is 0 Å². The van der Waals surface area contributed by atoms with Crippen molar-refractivity contribution in [1.29, 1.82) is 0 Å². The van der Waals surface area contributed by atoms with E-state index in [1.165, 1.54) is 48.6 Å². The largest absolute Gasteiger partial charge is 0.478 e. The van der Waals surface area contributed by atoms with E-state index in [4.69, 9.17) is 0 Å². The van der Waals surface area contributed by atoms with Gasteiger partial charge in [-0.15, -0.1) is 0 Å². The van der Waals surface area contributed by atoms with Crippen LogP contribution >= 0.6 is 0 Å². The molecule has 0 saturated heterocycles. The van der Waals surface area contributed by atoms with Crippen LogP contribution in [0, 0.1) is 0 Å². The maximum Gasteiger partial charge on any atom is 0.336 e. The van der Waals surface area contributed by atoms with E-state index in [9.17, 15) is 39.6 Å². The van der Waals surface area contributed by atoms with Gasteiger partial charge in [0, 0.05) is 0 Å². The summed E-state index contributed by atoms with van der Waals surface area (Å²) in [4.78, 5) is 45.4. The molecule has 0 saturated carbocycles. The summed E-state index contributed by atoms with van der Waals surface area (Å²) in [6, 6.07) is 4.88. The molecule has 0 bridgehead atoms. The highest BCUT2D eigenvalue weighted by atomic mass is 16.4. The van der Waals surface area contributed by atoms with E-state index in [0.717, 1.165) is 0 Å². The third kappa shape index (κ3) is 3.26. The molecule has 140 valence electrons. The van der Waals surface area contributed by atoms with Crippen LogP contribution < -0.4 is 0 Å². The molecule has 2 aromatic rings. The average Bonchev–Trinajstić information content (AvgIpc) is 2.61. The molecule has 28 heavy (non-hydrogen) atoms. The number of fused-ring (bicyclic) bond motifs is 2. The minimum absolute atomic E-state index is 0.377. The van der Waals surface area contributed by atoms with Gasteiger partial charge >= 0.3 is 23.9 Å². The number of benzene rings is 2. The molecular formula is C20H12O8. The van der Waals surface area contributed by atoms with E-state index in [0.29, 0.717) is 22.3 Å². The average molecular weight is 380 g/mol. The molecule has 8 nitrogen and oxygen atoms in total. The van der Waals surface area contributed by atoms with Gasteiger partial charge in [0.2, 0.25) is 0 Å². The minimum Gasteiger partial charge on any atom is -0.478 e. The highest BCUT2D eigenvalue weighted by Crippen LogP contribution is 2.28. The molecule has 0 spiro atoms. The quantitative estimate of drug-likeness (QED) is 0.539. The van der Waals surface area contributed by atoms with Crippen LogP contribution in [0.15, 0.2) is 24.3 Å². The molecule has 0 aromatic heterocycles. The van der Waals surface area contributed by atoms with Gasteiger partial charge in [0.05, 0.1) is 22.3 Å². The molecule has 0 amide bonds. The van der Waals surface area contributed by atoms with Crippen LogP contribution in [0.1, 0.15) is 63.7 Å². The van der Waals surface area contributed by atoms with Crippen molar-refractivity contribution >= 4 is 48.2 Å². The molecule has 0 atom stereocenters. The van der Waals surface area contributed by atoms with Gasteiger partial charge in [-0.2, -0.15) is 0 Å². The Morgan fingerprint density at radius 2 is 0.607 bits per heavy atom. The smallest absolute Gasteiger partial charge is 0.336 e. The van der Waals surface area contributed by atoms with Crippen LogP contribution in [0.5, 0.6) is 0 Å². The zero-order valence-electron chi connectivity index (χ0n) is 14.0. The third-order valence-corrected chi connectivity index (χ3v) is 4.25. The lowest BCUT2D eigenvalue weighted by Gasteiger charge is -2.12. The second kappa shape index (κ2) is 6.84. The van der Waals surface area contributed by atoms with Crippen LogP contribution in [0.25, 0.3) is 24.3 Å². The van der Waals surface area contributed by atoms with Crippen LogP contribution in [0.4, 0.5) is 0 Å². The Morgan fingerprint density at radius 1 is 0.429 bits per heavy atom. The van der Waals surface area contributed by atoms with Gasteiger partial charge in [-0.3, -0.25) is 0 Å². The van der Waals surface area contributed by atoms with Gasteiger partial charge in [-0.1, -0.05) is 24.3 Å². The zero-order chi connectivity index (χ0) is 20.6. The first-order chi connectivity index (χ1) is 13.2. The Balaban J connectivity index is 2.22. The molecule has 0 heterocycles. The number of carboxylic acids is 4. The van der Waals surface area contributed by atoms with Crippen molar-refractivity contribution in [1.82, 2.24) is 0 Å². The fourth-order valence-corrected chi connectivity index (χ4v) is 2.91. The summed E-state index contributed by atoms with van der Waals surface area (Å²) in [7, 11) is 0. The van der Waals surface area contributed by atoms with Gasteiger partial charge in [0.15, 0.2) is 0 Å². The third-order valence-electron chi connectivity index (χ3n) is 4.25. The highest BCUT2D eigenvalue weighted by Gasteiger charge is 2.21. The fourth-order valence-electron chi connectivity index (χ4n) is 2.91. The van der Waals surface area contributed by atoms with Crippen LogP contribution in [0.2, 0.25) is 0 Å². The Bertz CT molecular complexity index is 946. The van der Waals surface area contributed by atoms with E-state index in [2.05, 4.69) is 0 Å². The molecule has 3 rings (SSSR count). The topological polar surface area (TPSA) is 149 Å². The van der Waals surface area contributed by atoms with E-state index in [1.807, 2.05) is 0 Å². The zero-order valence-corrected chi connectivity index (χ0v) is 14.0. The van der Waals surface area contributed by atoms with Crippen molar-refractivity contribution in [2.24, 2.45) is 0 Å². The Kier molecular flexibility index (Phi) is 4.54. The van der Waals surface area contributed by atoms with Gasteiger partial charge < -0.3 is 20.4 Å². The standard InChI is InChI=1S/C20H12O8/c21-17(22)13-5-9-1-2-10-6-14(18(23)24)16(20(27)28)8-12(10)4-3-11(9)7-15(13)19(25)26/h1-8H,(H,21,22)(H,23,24)(H,25,26)(H,27,28)/b2-1-,4-3-,9-1?,10-2?,11-3?,12-4?. The van der Waals surface area contributed by atoms with Crippen molar-refractivity contribution in [3.05, 3.63) is 68.8 Å². The lowest BCUT2D eigenvalue weighted by Crippen LogP contribution is -2.10. The summed E-state index contributed by atoms with van der Waals surface area (Å²) in [5, 5.41) is 37.0. The summed E-state index contributed by atoms with van der Waals surface area (Å²) in [6.45, 7) is 0. The number of carbonyl (C=O) groups is 4. The maximum atomic E-state index is 11.4. The minimum atomic E-state index is -1.39. The second-order valence-corrected chi connectivity index (χ2v) is 5.94. The van der Waals surface area contributed by atoms with Crippen LogP contribution in [-0.4, -0.2) is 44.3 Å². The summed E-state index contributed by atoms with van der Waals surface area (Å²) >= 11 is 0. The second-order valence-electron chi connectivity index (χ2n) is 5.94. The predicted octanol–water partition coefficient (Wildman–Crippen LogP) is 3.13. The molecule has 0 radical (unpaired) electrons. The molecule has 2 aromatic carbocycles. The summed E-state index contributed by atoms with van der Waals surface area (Å²) in [5.74, 6) is -5.56. The molecule has 1 aliphatic rings. The SMILES string of the molecule is O=C(O)c1cc2c(cc1C(=O)O)/C=C\c1cc(C(=O)O)c(C(=O)O)cc1/C=C\2. The lowest BCUT2D eigenvalue weighted by molar-refractivity contribution is 0.0651. The number of hydrogen-bond donors (Lipinski definition) is 4. The summed E-state index contributed by atoms with van der Waals surface area (Å²) < 4.78 is 0. The summed E-state index contributed by atoms with van der Waals surface area (Å²) in [5.41, 5.74) is 0.170. The highest BCUT2D eigenvalue weighted by molar-refractivity contribution is 6.05. The molecule has 8 heteroatoms. The molecule has 0 fully saturated rings.